The topological polar surface area (TPSA) is 97.4 Å². The van der Waals surface area contributed by atoms with Gasteiger partial charge in [-0.1, -0.05) is 6.07 Å². The predicted octanol–water partition coefficient (Wildman–Crippen LogP) is 0.714. The van der Waals surface area contributed by atoms with Gasteiger partial charge in [0.15, 0.2) is 9.84 Å². The van der Waals surface area contributed by atoms with E-state index >= 15 is 0 Å². The van der Waals surface area contributed by atoms with Crippen molar-refractivity contribution in [1.82, 2.24) is 15.6 Å². The Morgan fingerprint density at radius 3 is 2.95 bits per heavy atom. The van der Waals surface area contributed by atoms with Crippen LogP contribution in [0.1, 0.15) is 18.9 Å². The van der Waals surface area contributed by atoms with Gasteiger partial charge in [0.2, 0.25) is 5.88 Å². The molecule has 0 aliphatic carbocycles. The fourth-order valence-electron chi connectivity index (χ4n) is 2.33. The second-order valence-corrected chi connectivity index (χ2v) is 7.46. The molecule has 8 heteroatoms. The lowest BCUT2D eigenvalue weighted by molar-refractivity contribution is 0.238. The van der Waals surface area contributed by atoms with E-state index in [-0.39, 0.29) is 23.5 Å². The van der Waals surface area contributed by atoms with Crippen molar-refractivity contribution in [2.45, 2.75) is 19.9 Å². The molecule has 0 unspecified atom stereocenters. The van der Waals surface area contributed by atoms with Gasteiger partial charge >= 0.3 is 6.03 Å². The van der Waals surface area contributed by atoms with Gasteiger partial charge in [0.1, 0.15) is 0 Å². The Bertz CT molecular complexity index is 618. The second kappa shape index (κ2) is 7.44. The summed E-state index contributed by atoms with van der Waals surface area (Å²) in [5.74, 6) is 0.888. The molecule has 0 saturated carbocycles. The van der Waals surface area contributed by atoms with Gasteiger partial charge < -0.3 is 15.4 Å². The second-order valence-electron chi connectivity index (χ2n) is 5.23. The molecule has 0 spiro atoms. The Hall–Kier alpha value is -1.83. The number of rotatable bonds is 6. The van der Waals surface area contributed by atoms with Crippen LogP contribution in [0.25, 0.3) is 0 Å². The number of carbonyl (C=O) groups excluding carboxylic acids is 1. The van der Waals surface area contributed by atoms with Gasteiger partial charge in [0.05, 0.1) is 18.1 Å². The van der Waals surface area contributed by atoms with Gasteiger partial charge in [-0.15, -0.1) is 0 Å². The molecule has 0 bridgehead atoms. The van der Waals surface area contributed by atoms with Crippen LogP contribution >= 0.6 is 0 Å². The molecule has 2 N–H and O–H groups in total. The van der Waals surface area contributed by atoms with Crippen molar-refractivity contribution in [3.05, 3.63) is 23.9 Å². The first kappa shape index (κ1) is 16.5. The fraction of sp³-hybridized carbons (Fsp3) is 0.571. The van der Waals surface area contributed by atoms with Gasteiger partial charge in [0.25, 0.3) is 0 Å². The van der Waals surface area contributed by atoms with E-state index in [1.54, 1.807) is 12.3 Å². The monoisotopic (exact) mass is 327 g/mol. The molecule has 1 aliphatic rings. The minimum atomic E-state index is -2.91. The highest BCUT2D eigenvalue weighted by Crippen LogP contribution is 2.17. The zero-order valence-electron chi connectivity index (χ0n) is 12.5. The molecule has 122 valence electrons. The number of urea groups is 1. The summed E-state index contributed by atoms with van der Waals surface area (Å²) in [4.78, 5) is 15.9. The number of hydrogen-bond acceptors (Lipinski definition) is 5. The molecule has 1 aromatic rings. The Kier molecular flexibility index (Phi) is 5.59. The van der Waals surface area contributed by atoms with E-state index in [0.717, 1.165) is 5.56 Å². The summed E-state index contributed by atoms with van der Waals surface area (Å²) in [6.45, 7) is 3.05. The summed E-state index contributed by atoms with van der Waals surface area (Å²) in [6, 6.07) is 3.29. The van der Waals surface area contributed by atoms with Crippen LogP contribution in [0.2, 0.25) is 0 Å². The lowest BCUT2D eigenvalue weighted by Crippen LogP contribution is -2.38. The zero-order valence-corrected chi connectivity index (χ0v) is 13.4. The standard InChI is InChI=1S/C14H21N3O4S/c1-2-21-13-12(4-3-6-15-13)9-17-14(18)16-8-11-5-7-22(19,20)10-11/h3-4,6,11H,2,5,7-10H2,1H3,(H2,16,17,18)/t11-/m0/s1. The number of carbonyl (C=O) groups is 1. The largest absolute Gasteiger partial charge is 0.478 e. The van der Waals surface area contributed by atoms with Gasteiger partial charge in [-0.3, -0.25) is 0 Å². The van der Waals surface area contributed by atoms with Crippen molar-refractivity contribution in [3.8, 4) is 5.88 Å². The van der Waals surface area contributed by atoms with E-state index in [4.69, 9.17) is 4.74 Å². The molecule has 2 heterocycles. The molecule has 7 nitrogen and oxygen atoms in total. The SMILES string of the molecule is CCOc1ncccc1CNC(=O)NC[C@@H]1CCS(=O)(=O)C1. The summed E-state index contributed by atoms with van der Waals surface area (Å²) in [6.07, 6.45) is 2.24. The fourth-order valence-corrected chi connectivity index (χ4v) is 4.20. The number of aromatic nitrogens is 1. The summed E-state index contributed by atoms with van der Waals surface area (Å²) >= 11 is 0. The van der Waals surface area contributed by atoms with Crippen molar-refractivity contribution in [2.24, 2.45) is 5.92 Å². The van der Waals surface area contributed by atoms with Gasteiger partial charge in [-0.25, -0.2) is 18.2 Å². The Balaban J connectivity index is 1.76. The first-order valence-corrected chi connectivity index (χ1v) is 9.11. The number of nitrogens with one attached hydrogen (secondary N) is 2. The lowest BCUT2D eigenvalue weighted by Gasteiger charge is -2.12. The van der Waals surface area contributed by atoms with Crippen molar-refractivity contribution >= 4 is 15.9 Å². The maximum Gasteiger partial charge on any atom is 0.315 e. The van der Waals surface area contributed by atoms with Crippen molar-refractivity contribution in [3.63, 3.8) is 0 Å². The van der Waals surface area contributed by atoms with Crippen LogP contribution in [0.5, 0.6) is 5.88 Å². The normalized spacial score (nSPS) is 19.6. The average molecular weight is 327 g/mol. The van der Waals surface area contributed by atoms with Gasteiger partial charge in [0, 0.05) is 24.8 Å². The average Bonchev–Trinajstić information content (AvgIpc) is 2.84. The van der Waals surface area contributed by atoms with Crippen LogP contribution in [0.15, 0.2) is 18.3 Å². The highest BCUT2D eigenvalue weighted by atomic mass is 32.2. The Morgan fingerprint density at radius 2 is 2.27 bits per heavy atom. The van der Waals surface area contributed by atoms with Crippen LogP contribution in [-0.2, 0) is 16.4 Å². The number of pyridine rings is 1. The quantitative estimate of drug-likeness (QED) is 0.802. The maximum absolute atomic E-state index is 11.8. The number of hydrogen-bond donors (Lipinski definition) is 2. The minimum Gasteiger partial charge on any atom is -0.478 e. The summed E-state index contributed by atoms with van der Waals surface area (Å²) in [5, 5.41) is 5.43. The molecule has 2 amide bonds. The Morgan fingerprint density at radius 1 is 1.45 bits per heavy atom. The summed E-state index contributed by atoms with van der Waals surface area (Å²) in [7, 11) is -2.91. The van der Waals surface area contributed by atoms with Gasteiger partial charge in [-0.05, 0) is 25.3 Å². The molecule has 1 saturated heterocycles. The molecule has 0 aromatic carbocycles. The van der Waals surface area contributed by atoms with Gasteiger partial charge in [-0.2, -0.15) is 0 Å². The number of ether oxygens (including phenoxy) is 1. The highest BCUT2D eigenvalue weighted by Gasteiger charge is 2.27. The number of nitrogens with zero attached hydrogens (tertiary/aromatic N) is 1. The van der Waals surface area contributed by atoms with E-state index in [9.17, 15) is 13.2 Å². The predicted molar refractivity (Wildman–Crippen MR) is 82.4 cm³/mol. The van der Waals surface area contributed by atoms with E-state index in [2.05, 4.69) is 15.6 Å². The molecule has 2 rings (SSSR count). The zero-order chi connectivity index (χ0) is 16.0. The van der Waals surface area contributed by atoms with E-state index in [0.29, 0.717) is 32.0 Å². The molecule has 1 aromatic heterocycles. The molecule has 1 aliphatic heterocycles. The van der Waals surface area contributed by atoms with Crippen LogP contribution in [0.4, 0.5) is 4.79 Å². The number of sulfone groups is 1. The smallest absolute Gasteiger partial charge is 0.315 e. The number of amides is 2. The first-order valence-electron chi connectivity index (χ1n) is 7.29. The van der Waals surface area contributed by atoms with Crippen molar-refractivity contribution in [1.29, 1.82) is 0 Å². The lowest BCUT2D eigenvalue weighted by atomic mass is 10.1. The molecular weight excluding hydrogens is 306 g/mol. The van der Waals surface area contributed by atoms with Crippen LogP contribution in [-0.4, -0.2) is 44.1 Å². The van der Waals surface area contributed by atoms with E-state index < -0.39 is 9.84 Å². The maximum atomic E-state index is 11.8. The third-order valence-electron chi connectivity index (χ3n) is 3.45. The molecule has 1 fully saturated rings. The van der Waals surface area contributed by atoms with Crippen molar-refractivity contribution in [2.75, 3.05) is 24.7 Å². The Labute approximate surface area is 130 Å². The van der Waals surface area contributed by atoms with Crippen LogP contribution in [0, 0.1) is 5.92 Å². The summed E-state index contributed by atoms with van der Waals surface area (Å²) in [5.41, 5.74) is 0.794. The van der Waals surface area contributed by atoms with E-state index in [1.807, 2.05) is 13.0 Å². The molecule has 1 atom stereocenters. The molecule has 22 heavy (non-hydrogen) atoms. The highest BCUT2D eigenvalue weighted by molar-refractivity contribution is 7.91. The van der Waals surface area contributed by atoms with Crippen molar-refractivity contribution < 1.29 is 17.9 Å². The summed E-state index contributed by atoms with van der Waals surface area (Å²) < 4.78 is 28.1. The minimum absolute atomic E-state index is 0.00753. The first-order chi connectivity index (χ1) is 10.5. The molecular formula is C14H21N3O4S. The van der Waals surface area contributed by atoms with Crippen LogP contribution in [0.3, 0.4) is 0 Å². The van der Waals surface area contributed by atoms with Crippen LogP contribution < -0.4 is 15.4 Å². The third-order valence-corrected chi connectivity index (χ3v) is 5.29. The molecule has 0 radical (unpaired) electrons. The third kappa shape index (κ3) is 4.87. The van der Waals surface area contributed by atoms with E-state index in [1.165, 1.54) is 0 Å².